The molecule has 2 rings (SSSR count). The SMILES string of the molecule is CCCN1CCC(Nc2nnc(CC)c(CC)n2)CC1. The van der Waals surface area contributed by atoms with E-state index in [1.165, 1.54) is 38.9 Å². The van der Waals surface area contributed by atoms with Crippen molar-refractivity contribution in [2.24, 2.45) is 0 Å². The summed E-state index contributed by atoms with van der Waals surface area (Å²) in [6.45, 7) is 10.0. The first-order valence-electron chi connectivity index (χ1n) is 7.98. The van der Waals surface area contributed by atoms with Gasteiger partial charge in [-0.15, -0.1) is 5.10 Å². The maximum atomic E-state index is 4.61. The normalized spacial score (nSPS) is 17.4. The average molecular weight is 277 g/mol. The Morgan fingerprint density at radius 1 is 1.05 bits per heavy atom. The summed E-state index contributed by atoms with van der Waals surface area (Å²) in [6.07, 6.45) is 5.39. The number of nitrogens with zero attached hydrogens (tertiary/aromatic N) is 4. The summed E-state index contributed by atoms with van der Waals surface area (Å²) >= 11 is 0. The molecule has 0 amide bonds. The van der Waals surface area contributed by atoms with E-state index < -0.39 is 0 Å². The first kappa shape index (κ1) is 15.2. The lowest BCUT2D eigenvalue weighted by Gasteiger charge is -2.32. The number of piperidine rings is 1. The van der Waals surface area contributed by atoms with Crippen molar-refractivity contribution in [1.82, 2.24) is 20.1 Å². The van der Waals surface area contributed by atoms with Gasteiger partial charge in [0.1, 0.15) is 0 Å². The van der Waals surface area contributed by atoms with Gasteiger partial charge < -0.3 is 10.2 Å². The minimum Gasteiger partial charge on any atom is -0.350 e. The molecule has 0 aliphatic carbocycles. The molecule has 1 aromatic rings. The first-order valence-corrected chi connectivity index (χ1v) is 7.98. The Balaban J connectivity index is 1.91. The molecule has 0 unspecified atom stereocenters. The van der Waals surface area contributed by atoms with Crippen molar-refractivity contribution in [3.8, 4) is 0 Å². The van der Waals surface area contributed by atoms with E-state index in [0.29, 0.717) is 12.0 Å². The van der Waals surface area contributed by atoms with Gasteiger partial charge in [-0.25, -0.2) is 4.98 Å². The van der Waals surface area contributed by atoms with E-state index in [2.05, 4.69) is 46.2 Å². The number of nitrogens with one attached hydrogen (secondary N) is 1. The van der Waals surface area contributed by atoms with Crippen LogP contribution < -0.4 is 5.32 Å². The second kappa shape index (κ2) is 7.53. The third kappa shape index (κ3) is 3.88. The largest absolute Gasteiger partial charge is 0.350 e. The van der Waals surface area contributed by atoms with Crippen molar-refractivity contribution in [3.05, 3.63) is 11.4 Å². The second-order valence-corrected chi connectivity index (χ2v) is 5.50. The Bertz CT molecular complexity index is 413. The highest BCUT2D eigenvalue weighted by Crippen LogP contribution is 2.15. The Hall–Kier alpha value is -1.23. The minimum atomic E-state index is 0.488. The number of likely N-dealkylation sites (tertiary alicyclic amines) is 1. The van der Waals surface area contributed by atoms with Crippen molar-refractivity contribution in [2.45, 2.75) is 58.9 Å². The van der Waals surface area contributed by atoms with E-state index in [1.807, 2.05) is 0 Å². The highest BCUT2D eigenvalue weighted by molar-refractivity contribution is 5.27. The molecule has 0 saturated carbocycles. The molecule has 1 aliphatic heterocycles. The van der Waals surface area contributed by atoms with E-state index in [1.54, 1.807) is 0 Å². The summed E-state index contributed by atoms with van der Waals surface area (Å²) in [5.74, 6) is 0.702. The lowest BCUT2D eigenvalue weighted by atomic mass is 10.1. The summed E-state index contributed by atoms with van der Waals surface area (Å²) in [4.78, 5) is 7.15. The molecule has 1 N–H and O–H groups in total. The van der Waals surface area contributed by atoms with Gasteiger partial charge in [-0.1, -0.05) is 20.8 Å². The third-order valence-corrected chi connectivity index (χ3v) is 3.97. The number of aryl methyl sites for hydroxylation is 2. The molecule has 0 aromatic carbocycles. The van der Waals surface area contributed by atoms with E-state index in [9.17, 15) is 0 Å². The molecule has 0 bridgehead atoms. The number of hydrogen-bond acceptors (Lipinski definition) is 5. The van der Waals surface area contributed by atoms with Gasteiger partial charge in [0.2, 0.25) is 5.95 Å². The van der Waals surface area contributed by atoms with Crippen LogP contribution in [-0.4, -0.2) is 45.8 Å². The molecule has 112 valence electrons. The van der Waals surface area contributed by atoms with Gasteiger partial charge in [-0.05, 0) is 38.6 Å². The van der Waals surface area contributed by atoms with Gasteiger partial charge in [-0.2, -0.15) is 5.10 Å². The summed E-state index contributed by atoms with van der Waals surface area (Å²) in [5, 5.41) is 12.0. The molecular formula is C15H27N5. The van der Waals surface area contributed by atoms with Crippen LogP contribution in [-0.2, 0) is 12.8 Å². The van der Waals surface area contributed by atoms with Crippen LogP contribution in [0.4, 0.5) is 5.95 Å². The van der Waals surface area contributed by atoms with Crippen LogP contribution in [0.5, 0.6) is 0 Å². The Kier molecular flexibility index (Phi) is 5.71. The molecule has 1 aromatic heterocycles. The van der Waals surface area contributed by atoms with E-state index >= 15 is 0 Å². The zero-order chi connectivity index (χ0) is 14.4. The average Bonchev–Trinajstić information content (AvgIpc) is 2.49. The van der Waals surface area contributed by atoms with Crippen LogP contribution in [0.3, 0.4) is 0 Å². The monoisotopic (exact) mass is 277 g/mol. The fraction of sp³-hybridized carbons (Fsp3) is 0.800. The van der Waals surface area contributed by atoms with Crippen molar-refractivity contribution < 1.29 is 0 Å². The Morgan fingerprint density at radius 3 is 2.35 bits per heavy atom. The van der Waals surface area contributed by atoms with E-state index in [4.69, 9.17) is 0 Å². The number of anilines is 1. The quantitative estimate of drug-likeness (QED) is 0.864. The second-order valence-electron chi connectivity index (χ2n) is 5.50. The molecule has 5 heteroatoms. The summed E-state index contributed by atoms with van der Waals surface area (Å²) in [5.41, 5.74) is 2.10. The zero-order valence-corrected chi connectivity index (χ0v) is 13.0. The number of hydrogen-bond donors (Lipinski definition) is 1. The lowest BCUT2D eigenvalue weighted by molar-refractivity contribution is 0.219. The summed E-state index contributed by atoms with van der Waals surface area (Å²) in [7, 11) is 0. The molecule has 2 heterocycles. The highest BCUT2D eigenvalue weighted by Gasteiger charge is 2.19. The summed E-state index contributed by atoms with van der Waals surface area (Å²) in [6, 6.07) is 0.488. The van der Waals surface area contributed by atoms with Gasteiger partial charge in [0, 0.05) is 19.1 Å². The highest BCUT2D eigenvalue weighted by atomic mass is 15.3. The predicted molar refractivity (Wildman–Crippen MR) is 82.0 cm³/mol. The van der Waals surface area contributed by atoms with Gasteiger partial charge in [0.05, 0.1) is 11.4 Å². The fourth-order valence-corrected chi connectivity index (χ4v) is 2.80. The van der Waals surface area contributed by atoms with Crippen LogP contribution in [0.2, 0.25) is 0 Å². The van der Waals surface area contributed by atoms with Crippen molar-refractivity contribution >= 4 is 5.95 Å². The van der Waals surface area contributed by atoms with Gasteiger partial charge >= 0.3 is 0 Å². The van der Waals surface area contributed by atoms with Gasteiger partial charge in [0.15, 0.2) is 0 Å². The number of aromatic nitrogens is 3. The van der Waals surface area contributed by atoms with Crippen LogP contribution in [0.1, 0.15) is 51.4 Å². The molecular weight excluding hydrogens is 250 g/mol. The fourth-order valence-electron chi connectivity index (χ4n) is 2.80. The maximum Gasteiger partial charge on any atom is 0.243 e. The molecule has 20 heavy (non-hydrogen) atoms. The molecule has 0 spiro atoms. The molecule has 1 saturated heterocycles. The standard InChI is InChI=1S/C15H27N5/c1-4-9-20-10-7-12(8-11-20)16-15-17-13(5-2)14(6-3)18-19-15/h12H,4-11H2,1-3H3,(H,16,17,19). The van der Waals surface area contributed by atoms with Crippen LogP contribution in [0, 0.1) is 0 Å². The maximum absolute atomic E-state index is 4.61. The third-order valence-electron chi connectivity index (χ3n) is 3.97. The van der Waals surface area contributed by atoms with Crippen molar-refractivity contribution in [1.29, 1.82) is 0 Å². The first-order chi connectivity index (χ1) is 9.76. The van der Waals surface area contributed by atoms with Crippen LogP contribution in [0.15, 0.2) is 0 Å². The Labute approximate surface area is 122 Å². The topological polar surface area (TPSA) is 53.9 Å². The van der Waals surface area contributed by atoms with E-state index in [0.717, 1.165) is 24.2 Å². The molecule has 0 radical (unpaired) electrons. The molecule has 0 atom stereocenters. The molecule has 1 aliphatic rings. The van der Waals surface area contributed by atoms with Crippen LogP contribution in [0.25, 0.3) is 0 Å². The Morgan fingerprint density at radius 2 is 1.75 bits per heavy atom. The van der Waals surface area contributed by atoms with E-state index in [-0.39, 0.29) is 0 Å². The molecule has 5 nitrogen and oxygen atoms in total. The summed E-state index contributed by atoms with van der Waals surface area (Å²) < 4.78 is 0. The number of rotatable bonds is 6. The molecule has 1 fully saturated rings. The lowest BCUT2D eigenvalue weighted by Crippen LogP contribution is -2.39. The van der Waals surface area contributed by atoms with Crippen molar-refractivity contribution in [2.75, 3.05) is 25.0 Å². The smallest absolute Gasteiger partial charge is 0.243 e. The minimum absolute atomic E-state index is 0.488. The predicted octanol–water partition coefficient (Wildman–Crippen LogP) is 2.28. The van der Waals surface area contributed by atoms with Crippen molar-refractivity contribution in [3.63, 3.8) is 0 Å². The van der Waals surface area contributed by atoms with Crippen LogP contribution >= 0.6 is 0 Å². The van der Waals surface area contributed by atoms with Gasteiger partial charge in [0.25, 0.3) is 0 Å². The van der Waals surface area contributed by atoms with Gasteiger partial charge in [-0.3, -0.25) is 0 Å². The zero-order valence-electron chi connectivity index (χ0n) is 13.0.